The summed E-state index contributed by atoms with van der Waals surface area (Å²) in [5.41, 5.74) is 3.97. The Kier molecular flexibility index (Phi) is 3.40. The van der Waals surface area contributed by atoms with Crippen molar-refractivity contribution in [2.75, 3.05) is 0 Å². The van der Waals surface area contributed by atoms with Gasteiger partial charge < -0.3 is 9.73 Å². The summed E-state index contributed by atoms with van der Waals surface area (Å²) in [4.78, 5) is 12.0. The number of benzene rings is 1. The third-order valence-corrected chi connectivity index (χ3v) is 3.21. The predicted octanol–water partition coefficient (Wildman–Crippen LogP) is 3.51. The molecular formula is C16H21NO2. The Morgan fingerprint density at radius 2 is 1.95 bits per heavy atom. The molecule has 0 radical (unpaired) electrons. The number of rotatable bonds is 2. The van der Waals surface area contributed by atoms with Crippen LogP contribution in [0.15, 0.2) is 22.8 Å². The topological polar surface area (TPSA) is 42.2 Å². The number of hydrogen-bond donors (Lipinski definition) is 1. The molecule has 0 saturated heterocycles. The van der Waals surface area contributed by atoms with Gasteiger partial charge in [0.05, 0.1) is 12.7 Å². The molecule has 2 rings (SSSR count). The fourth-order valence-corrected chi connectivity index (χ4v) is 2.16. The summed E-state index contributed by atoms with van der Waals surface area (Å²) in [5, 5.41) is 4.00. The van der Waals surface area contributed by atoms with Crippen molar-refractivity contribution in [1.29, 1.82) is 0 Å². The number of furan rings is 1. The van der Waals surface area contributed by atoms with Crippen molar-refractivity contribution < 1.29 is 9.21 Å². The summed E-state index contributed by atoms with van der Waals surface area (Å²) >= 11 is 0. The van der Waals surface area contributed by atoms with Crippen LogP contribution in [0, 0.1) is 13.8 Å². The van der Waals surface area contributed by atoms with E-state index in [-0.39, 0.29) is 11.4 Å². The second-order valence-corrected chi connectivity index (χ2v) is 6.12. The van der Waals surface area contributed by atoms with Gasteiger partial charge >= 0.3 is 0 Å². The number of hydrogen-bond acceptors (Lipinski definition) is 2. The van der Waals surface area contributed by atoms with Crippen LogP contribution in [0.2, 0.25) is 0 Å². The van der Waals surface area contributed by atoms with Gasteiger partial charge in [-0.15, -0.1) is 0 Å². The Morgan fingerprint density at radius 1 is 1.26 bits per heavy atom. The van der Waals surface area contributed by atoms with Crippen LogP contribution in [-0.4, -0.2) is 11.4 Å². The van der Waals surface area contributed by atoms with Crippen molar-refractivity contribution in [3.8, 4) is 0 Å². The normalized spacial score (nSPS) is 11.8. The fraction of sp³-hybridized carbons (Fsp3) is 0.438. The molecule has 0 saturated carbocycles. The van der Waals surface area contributed by atoms with Gasteiger partial charge in [0.2, 0.25) is 5.91 Å². The molecule has 1 N–H and O–H groups in total. The first kappa shape index (κ1) is 13.7. The molecule has 19 heavy (non-hydrogen) atoms. The third kappa shape index (κ3) is 2.98. The molecule has 3 nitrogen and oxygen atoms in total. The highest BCUT2D eigenvalue weighted by Gasteiger charge is 2.17. The zero-order valence-corrected chi connectivity index (χ0v) is 12.3. The van der Waals surface area contributed by atoms with E-state index in [2.05, 4.69) is 18.3 Å². The van der Waals surface area contributed by atoms with E-state index in [4.69, 9.17) is 4.42 Å². The minimum Gasteiger partial charge on any atom is -0.464 e. The van der Waals surface area contributed by atoms with Crippen LogP contribution < -0.4 is 5.32 Å². The van der Waals surface area contributed by atoms with E-state index < -0.39 is 0 Å². The van der Waals surface area contributed by atoms with E-state index in [9.17, 15) is 4.79 Å². The largest absolute Gasteiger partial charge is 0.464 e. The molecule has 0 aliphatic rings. The molecule has 0 spiro atoms. The first-order chi connectivity index (χ1) is 8.78. The maximum Gasteiger partial charge on any atom is 0.224 e. The summed E-state index contributed by atoms with van der Waals surface area (Å²) in [5.74, 6) is 0.0217. The van der Waals surface area contributed by atoms with Crippen molar-refractivity contribution >= 4 is 16.9 Å². The van der Waals surface area contributed by atoms with Crippen LogP contribution in [0.3, 0.4) is 0 Å². The second kappa shape index (κ2) is 4.72. The van der Waals surface area contributed by atoms with Gasteiger partial charge in [0, 0.05) is 16.5 Å². The van der Waals surface area contributed by atoms with E-state index in [0.717, 1.165) is 22.1 Å². The average molecular weight is 259 g/mol. The summed E-state index contributed by atoms with van der Waals surface area (Å²) in [6.07, 6.45) is 2.05. The van der Waals surface area contributed by atoms with Gasteiger partial charge in [-0.1, -0.05) is 12.1 Å². The Hall–Kier alpha value is -1.77. The molecule has 1 aromatic carbocycles. The van der Waals surface area contributed by atoms with Crippen molar-refractivity contribution in [3.63, 3.8) is 0 Å². The Balaban J connectivity index is 2.28. The van der Waals surface area contributed by atoms with Gasteiger partial charge in [0.1, 0.15) is 5.58 Å². The van der Waals surface area contributed by atoms with Gasteiger partial charge in [-0.25, -0.2) is 0 Å². The molecule has 0 aliphatic carbocycles. The summed E-state index contributed by atoms with van der Waals surface area (Å²) in [6, 6.07) is 4.10. The molecule has 0 unspecified atom stereocenters. The number of carbonyl (C=O) groups is 1. The van der Waals surface area contributed by atoms with E-state index in [1.807, 2.05) is 33.8 Å². The SMILES string of the molecule is Cc1ccc2c(CC(=O)NC(C)(C)C)coc2c1C. The maximum absolute atomic E-state index is 12.0. The molecule has 0 atom stereocenters. The third-order valence-electron chi connectivity index (χ3n) is 3.21. The zero-order chi connectivity index (χ0) is 14.2. The van der Waals surface area contributed by atoms with Crippen molar-refractivity contribution in [1.82, 2.24) is 5.32 Å². The molecule has 2 aromatic rings. The van der Waals surface area contributed by atoms with Gasteiger partial charge in [-0.2, -0.15) is 0 Å². The van der Waals surface area contributed by atoms with Crippen molar-refractivity contribution in [2.45, 2.75) is 46.6 Å². The lowest BCUT2D eigenvalue weighted by atomic mass is 10.0. The van der Waals surface area contributed by atoms with E-state index in [1.54, 1.807) is 6.26 Å². The standard InChI is InChI=1S/C16H21NO2/c1-10-6-7-13-12(9-19-15(13)11(10)2)8-14(18)17-16(3,4)5/h6-7,9H,8H2,1-5H3,(H,17,18). The van der Waals surface area contributed by atoms with E-state index in [0.29, 0.717) is 6.42 Å². The Morgan fingerprint density at radius 3 is 2.58 bits per heavy atom. The smallest absolute Gasteiger partial charge is 0.224 e. The van der Waals surface area contributed by atoms with E-state index in [1.165, 1.54) is 5.56 Å². The van der Waals surface area contributed by atoms with Crippen molar-refractivity contribution in [2.24, 2.45) is 0 Å². The summed E-state index contributed by atoms with van der Waals surface area (Å²) in [6.45, 7) is 10.0. The summed E-state index contributed by atoms with van der Waals surface area (Å²) in [7, 11) is 0. The lowest BCUT2D eigenvalue weighted by Crippen LogP contribution is -2.41. The fourth-order valence-electron chi connectivity index (χ4n) is 2.16. The molecular weight excluding hydrogens is 238 g/mol. The lowest BCUT2D eigenvalue weighted by molar-refractivity contribution is -0.121. The van der Waals surface area contributed by atoms with Crippen molar-refractivity contribution in [3.05, 3.63) is 35.1 Å². The highest BCUT2D eigenvalue weighted by molar-refractivity contribution is 5.89. The molecule has 0 bridgehead atoms. The Bertz CT molecular complexity index is 617. The summed E-state index contributed by atoms with van der Waals surface area (Å²) < 4.78 is 5.61. The van der Waals surface area contributed by atoms with Crippen LogP contribution in [0.25, 0.3) is 11.0 Å². The van der Waals surface area contributed by atoms with Gasteiger partial charge in [-0.05, 0) is 45.7 Å². The van der Waals surface area contributed by atoms with Gasteiger partial charge in [-0.3, -0.25) is 4.79 Å². The van der Waals surface area contributed by atoms with Gasteiger partial charge in [0.25, 0.3) is 0 Å². The average Bonchev–Trinajstić information content (AvgIpc) is 2.65. The number of carbonyl (C=O) groups excluding carboxylic acids is 1. The minimum atomic E-state index is -0.205. The molecule has 0 aliphatic heterocycles. The molecule has 0 fully saturated rings. The van der Waals surface area contributed by atoms with E-state index >= 15 is 0 Å². The molecule has 3 heteroatoms. The molecule has 1 heterocycles. The number of fused-ring (bicyclic) bond motifs is 1. The van der Waals surface area contributed by atoms with Crippen LogP contribution in [0.1, 0.15) is 37.5 Å². The molecule has 102 valence electrons. The quantitative estimate of drug-likeness (QED) is 0.896. The zero-order valence-electron chi connectivity index (χ0n) is 12.3. The maximum atomic E-state index is 12.0. The van der Waals surface area contributed by atoms with Crippen LogP contribution >= 0.6 is 0 Å². The second-order valence-electron chi connectivity index (χ2n) is 6.12. The minimum absolute atomic E-state index is 0.0217. The monoisotopic (exact) mass is 259 g/mol. The van der Waals surface area contributed by atoms with Gasteiger partial charge in [0.15, 0.2) is 0 Å². The van der Waals surface area contributed by atoms with Crippen LogP contribution in [-0.2, 0) is 11.2 Å². The molecule has 1 aromatic heterocycles. The highest BCUT2D eigenvalue weighted by atomic mass is 16.3. The first-order valence-electron chi connectivity index (χ1n) is 6.55. The lowest BCUT2D eigenvalue weighted by Gasteiger charge is -2.20. The highest BCUT2D eigenvalue weighted by Crippen LogP contribution is 2.26. The van der Waals surface area contributed by atoms with Crippen LogP contribution in [0.5, 0.6) is 0 Å². The molecule has 1 amide bonds. The number of aryl methyl sites for hydroxylation is 2. The first-order valence-corrected chi connectivity index (χ1v) is 6.55. The Labute approximate surface area is 114 Å². The number of amides is 1. The predicted molar refractivity (Wildman–Crippen MR) is 77.3 cm³/mol. The number of nitrogens with one attached hydrogen (secondary N) is 1. The van der Waals surface area contributed by atoms with Crippen LogP contribution in [0.4, 0.5) is 0 Å².